The monoisotopic (exact) mass is 154 g/mol. The molecule has 0 aliphatic carbocycles. The third kappa shape index (κ3) is 1.89. The molecule has 1 aliphatic rings. The van der Waals surface area contributed by atoms with E-state index in [1.807, 2.05) is 0 Å². The van der Waals surface area contributed by atoms with Gasteiger partial charge in [-0.15, -0.1) is 0 Å². The van der Waals surface area contributed by atoms with Crippen LogP contribution in [0.25, 0.3) is 0 Å². The number of nitrogens with one attached hydrogen (secondary N) is 1. The van der Waals surface area contributed by atoms with Crippen LogP contribution >= 0.6 is 0 Å². The van der Waals surface area contributed by atoms with Gasteiger partial charge >= 0.3 is 5.97 Å². The van der Waals surface area contributed by atoms with E-state index in [0.29, 0.717) is 0 Å². The lowest BCUT2D eigenvalue weighted by molar-refractivity contribution is -0.136. The molecule has 5 heteroatoms. The zero-order chi connectivity index (χ0) is 8.27. The first-order chi connectivity index (χ1) is 5.20. The largest absolute Gasteiger partial charge is 0.481 e. The first-order valence-electron chi connectivity index (χ1n) is 2.95. The molecule has 0 radical (unpaired) electrons. The van der Waals surface area contributed by atoms with Gasteiger partial charge in [-0.1, -0.05) is 0 Å². The molecule has 0 fully saturated rings. The van der Waals surface area contributed by atoms with Crippen molar-refractivity contribution in [2.45, 2.75) is 6.42 Å². The fourth-order valence-electron chi connectivity index (χ4n) is 0.622. The minimum Gasteiger partial charge on any atom is -0.481 e. The number of hydrogen-bond donors (Lipinski definition) is 2. The van der Waals surface area contributed by atoms with Crippen molar-refractivity contribution in [2.75, 3.05) is 0 Å². The Kier molecular flexibility index (Phi) is 2.00. The molecule has 1 aliphatic heterocycles. The molecule has 11 heavy (non-hydrogen) atoms. The summed E-state index contributed by atoms with van der Waals surface area (Å²) in [5.41, 5.74) is 0.160. The number of carboxylic acids is 1. The number of aliphatic carboxylic acids is 1. The van der Waals surface area contributed by atoms with Gasteiger partial charge in [-0.25, -0.2) is 4.99 Å². The van der Waals surface area contributed by atoms with Crippen molar-refractivity contribution in [1.29, 1.82) is 0 Å². The minimum absolute atomic E-state index is 0.160. The lowest BCUT2D eigenvalue weighted by Gasteiger charge is -1.88. The molecular weight excluding hydrogens is 148 g/mol. The molecule has 1 amide bonds. The molecule has 0 saturated carbocycles. The minimum atomic E-state index is -0.979. The van der Waals surface area contributed by atoms with E-state index in [0.717, 1.165) is 0 Å². The van der Waals surface area contributed by atoms with Crippen molar-refractivity contribution < 1.29 is 14.7 Å². The second-order valence-electron chi connectivity index (χ2n) is 1.92. The van der Waals surface area contributed by atoms with E-state index in [1.54, 1.807) is 0 Å². The number of amides is 1. The van der Waals surface area contributed by atoms with Gasteiger partial charge in [0.1, 0.15) is 5.70 Å². The van der Waals surface area contributed by atoms with Crippen LogP contribution < -0.4 is 5.32 Å². The molecule has 2 N–H and O–H groups in total. The first kappa shape index (κ1) is 7.46. The normalized spacial score (nSPS) is 18.9. The zero-order valence-corrected chi connectivity index (χ0v) is 5.57. The van der Waals surface area contributed by atoms with E-state index in [-0.39, 0.29) is 18.0 Å². The fourth-order valence-corrected chi connectivity index (χ4v) is 0.622. The Morgan fingerprint density at radius 2 is 2.55 bits per heavy atom. The maximum atomic E-state index is 10.7. The van der Waals surface area contributed by atoms with Crippen LogP contribution in [0.5, 0.6) is 0 Å². The summed E-state index contributed by atoms with van der Waals surface area (Å²) in [5, 5.41) is 10.5. The predicted octanol–water partition coefficient (Wildman–Crippen LogP) is -0.497. The fraction of sp³-hybridized carbons (Fsp3) is 0.167. The Morgan fingerprint density at radius 1 is 1.82 bits per heavy atom. The summed E-state index contributed by atoms with van der Waals surface area (Å²) < 4.78 is 0. The van der Waals surface area contributed by atoms with Crippen LogP contribution in [0.15, 0.2) is 16.8 Å². The molecule has 0 spiro atoms. The Bertz CT molecular complexity index is 255. The van der Waals surface area contributed by atoms with Crippen LogP contribution in [0.1, 0.15) is 6.42 Å². The first-order valence-corrected chi connectivity index (χ1v) is 2.95. The number of aliphatic imine (C=N–C) groups is 1. The molecule has 0 aromatic carbocycles. The molecular formula is C6H6N2O3. The van der Waals surface area contributed by atoms with E-state index < -0.39 is 5.97 Å². The van der Waals surface area contributed by atoms with E-state index in [4.69, 9.17) is 5.11 Å². The van der Waals surface area contributed by atoms with Gasteiger partial charge in [-0.05, 0) is 6.08 Å². The maximum Gasteiger partial charge on any atom is 0.307 e. The van der Waals surface area contributed by atoms with Gasteiger partial charge in [-0.3, -0.25) is 9.59 Å². The number of nitrogens with zero attached hydrogens (tertiary/aromatic N) is 1. The van der Waals surface area contributed by atoms with Crippen molar-refractivity contribution >= 4 is 18.2 Å². The smallest absolute Gasteiger partial charge is 0.307 e. The van der Waals surface area contributed by atoms with Gasteiger partial charge in [0, 0.05) is 0 Å². The van der Waals surface area contributed by atoms with Crippen LogP contribution in [0, 0.1) is 0 Å². The molecule has 0 aromatic heterocycles. The summed E-state index contributed by atoms with van der Waals surface area (Å²) in [5.74, 6) is -1.33. The topological polar surface area (TPSA) is 78.8 Å². The number of carboxylic acid groups (broad SMARTS) is 1. The van der Waals surface area contributed by atoms with E-state index in [1.165, 1.54) is 12.4 Å². The number of hydrogen-bond acceptors (Lipinski definition) is 3. The summed E-state index contributed by atoms with van der Waals surface area (Å²) in [6, 6.07) is 0. The van der Waals surface area contributed by atoms with Gasteiger partial charge in [0.05, 0.1) is 12.8 Å². The molecule has 5 nitrogen and oxygen atoms in total. The van der Waals surface area contributed by atoms with Gasteiger partial charge in [0.15, 0.2) is 0 Å². The molecule has 0 aromatic rings. The van der Waals surface area contributed by atoms with Crippen molar-refractivity contribution in [3.8, 4) is 0 Å². The quantitative estimate of drug-likeness (QED) is 0.526. The molecule has 1 rings (SSSR count). The van der Waals surface area contributed by atoms with Crippen LogP contribution in [-0.4, -0.2) is 23.3 Å². The molecule has 1 heterocycles. The highest BCUT2D eigenvalue weighted by Crippen LogP contribution is 2.01. The number of rotatable bonds is 2. The summed E-state index contributed by atoms with van der Waals surface area (Å²) in [6.45, 7) is 0. The van der Waals surface area contributed by atoms with Crippen LogP contribution in [-0.2, 0) is 9.59 Å². The van der Waals surface area contributed by atoms with Crippen molar-refractivity contribution in [3.05, 3.63) is 11.8 Å². The molecule has 0 unspecified atom stereocenters. The van der Waals surface area contributed by atoms with Crippen LogP contribution in [0.3, 0.4) is 0 Å². The SMILES string of the molecule is O=C(O)CC=C1N=CNC1=O. The summed E-state index contributed by atoms with van der Waals surface area (Å²) in [4.78, 5) is 24.3. The van der Waals surface area contributed by atoms with Gasteiger partial charge in [0.25, 0.3) is 5.91 Å². The van der Waals surface area contributed by atoms with Gasteiger partial charge < -0.3 is 10.4 Å². The van der Waals surface area contributed by atoms with E-state index in [9.17, 15) is 9.59 Å². The number of carbonyl (C=O) groups excluding carboxylic acids is 1. The number of carbonyl (C=O) groups is 2. The van der Waals surface area contributed by atoms with E-state index in [2.05, 4.69) is 10.3 Å². The molecule has 0 bridgehead atoms. The van der Waals surface area contributed by atoms with Crippen LogP contribution in [0.2, 0.25) is 0 Å². The average Bonchev–Trinajstić information content (AvgIpc) is 2.31. The highest BCUT2D eigenvalue weighted by Gasteiger charge is 2.11. The highest BCUT2D eigenvalue weighted by molar-refractivity contribution is 6.05. The third-order valence-electron chi connectivity index (χ3n) is 1.10. The van der Waals surface area contributed by atoms with Crippen molar-refractivity contribution in [1.82, 2.24) is 5.32 Å². The van der Waals surface area contributed by atoms with Gasteiger partial charge in [-0.2, -0.15) is 0 Å². The van der Waals surface area contributed by atoms with Crippen LogP contribution in [0.4, 0.5) is 0 Å². The third-order valence-corrected chi connectivity index (χ3v) is 1.10. The molecule has 0 atom stereocenters. The zero-order valence-electron chi connectivity index (χ0n) is 5.57. The highest BCUT2D eigenvalue weighted by atomic mass is 16.4. The second-order valence-corrected chi connectivity index (χ2v) is 1.92. The summed E-state index contributed by atoms with van der Waals surface area (Å²) >= 11 is 0. The average molecular weight is 154 g/mol. The lowest BCUT2D eigenvalue weighted by atomic mass is 10.3. The maximum absolute atomic E-state index is 10.7. The summed E-state index contributed by atoms with van der Waals surface area (Å²) in [7, 11) is 0. The van der Waals surface area contributed by atoms with E-state index >= 15 is 0 Å². The Labute approximate surface area is 62.4 Å². The lowest BCUT2D eigenvalue weighted by Crippen LogP contribution is -2.15. The summed E-state index contributed by atoms with van der Waals surface area (Å²) in [6.07, 6.45) is 2.32. The standard InChI is InChI=1S/C6H6N2O3/c9-5(10)2-1-4-6(11)8-3-7-4/h1,3H,2H2,(H,9,10)(H,7,8,11). The van der Waals surface area contributed by atoms with Gasteiger partial charge in [0.2, 0.25) is 0 Å². The Balaban J connectivity index is 2.59. The van der Waals surface area contributed by atoms with Crippen molar-refractivity contribution in [3.63, 3.8) is 0 Å². The molecule has 0 saturated heterocycles. The Hall–Kier alpha value is -1.65. The Morgan fingerprint density at radius 3 is 3.00 bits per heavy atom. The van der Waals surface area contributed by atoms with Crippen molar-refractivity contribution in [2.24, 2.45) is 4.99 Å². The molecule has 58 valence electrons. The second kappa shape index (κ2) is 2.96. The predicted molar refractivity (Wildman–Crippen MR) is 37.0 cm³/mol.